The number of rotatable bonds is 4. The van der Waals surface area contributed by atoms with Gasteiger partial charge in [-0.05, 0) is 12.1 Å². The molecule has 1 heterocycles. The quantitative estimate of drug-likeness (QED) is 0.612. The molecular weight excluding hydrogens is 234 g/mol. The van der Waals surface area contributed by atoms with Gasteiger partial charge in [0.25, 0.3) is 0 Å². The molecule has 0 spiro atoms. The van der Waals surface area contributed by atoms with E-state index in [0.717, 1.165) is 16.9 Å². The summed E-state index contributed by atoms with van der Waals surface area (Å²) in [6, 6.07) is 5.48. The minimum absolute atomic E-state index is 0.130. The molecule has 0 radical (unpaired) electrons. The number of carbonyl (C=O) groups is 1. The molecule has 98 valence electrons. The van der Waals surface area contributed by atoms with Crippen molar-refractivity contribution in [3.8, 4) is 0 Å². The molecule has 0 fully saturated rings. The summed E-state index contributed by atoms with van der Waals surface area (Å²) in [6.07, 6.45) is -0.795. The Morgan fingerprint density at radius 3 is 3.06 bits per heavy atom. The van der Waals surface area contributed by atoms with Gasteiger partial charge < -0.3 is 20.8 Å². The zero-order valence-corrected chi connectivity index (χ0v) is 10.2. The summed E-state index contributed by atoms with van der Waals surface area (Å²) >= 11 is 0. The van der Waals surface area contributed by atoms with Crippen LogP contribution in [0.1, 0.15) is 5.56 Å². The summed E-state index contributed by atoms with van der Waals surface area (Å²) in [5.74, 6) is 0. The third kappa shape index (κ3) is 2.39. The monoisotopic (exact) mass is 251 g/mol. The van der Waals surface area contributed by atoms with Crippen molar-refractivity contribution in [2.75, 3.05) is 30.4 Å². The Morgan fingerprint density at radius 2 is 2.33 bits per heavy atom. The smallest absolute Gasteiger partial charge is 0.321 e. The van der Waals surface area contributed by atoms with Gasteiger partial charge in [-0.15, -0.1) is 0 Å². The van der Waals surface area contributed by atoms with Gasteiger partial charge in [0, 0.05) is 31.4 Å². The van der Waals surface area contributed by atoms with Crippen LogP contribution in [0, 0.1) is 0 Å². The van der Waals surface area contributed by atoms with Crippen LogP contribution in [-0.4, -0.2) is 42.5 Å². The highest BCUT2D eigenvalue weighted by molar-refractivity contribution is 5.95. The van der Waals surface area contributed by atoms with Gasteiger partial charge in [0.05, 0.1) is 18.4 Å². The fraction of sp³-hybridized carbons (Fsp3) is 0.417. The van der Waals surface area contributed by atoms with E-state index in [0.29, 0.717) is 6.54 Å². The van der Waals surface area contributed by atoms with Gasteiger partial charge in [0.1, 0.15) is 0 Å². The lowest BCUT2D eigenvalue weighted by atomic mass is 10.1. The molecule has 2 rings (SSSR count). The summed E-state index contributed by atoms with van der Waals surface area (Å²) in [5.41, 5.74) is 2.68. The van der Waals surface area contributed by atoms with E-state index in [-0.39, 0.29) is 19.2 Å². The van der Waals surface area contributed by atoms with Gasteiger partial charge in [0.15, 0.2) is 0 Å². The van der Waals surface area contributed by atoms with Crippen molar-refractivity contribution in [3.63, 3.8) is 0 Å². The van der Waals surface area contributed by atoms with Crippen molar-refractivity contribution in [2.45, 2.75) is 12.6 Å². The number of urea groups is 1. The lowest BCUT2D eigenvalue weighted by Crippen LogP contribution is -2.41. The lowest BCUT2D eigenvalue weighted by molar-refractivity contribution is 0.105. The summed E-state index contributed by atoms with van der Waals surface area (Å²) < 4.78 is 0. The second-order valence-electron chi connectivity index (χ2n) is 4.24. The molecule has 6 heteroatoms. The normalized spacial score (nSPS) is 15.9. The lowest BCUT2D eigenvalue weighted by Gasteiger charge is -2.28. The van der Waals surface area contributed by atoms with Crippen LogP contribution < -0.4 is 15.5 Å². The van der Waals surface area contributed by atoms with Crippen molar-refractivity contribution in [1.82, 2.24) is 5.32 Å². The molecule has 1 aromatic carbocycles. The topological polar surface area (TPSA) is 84.8 Å². The van der Waals surface area contributed by atoms with Crippen molar-refractivity contribution >= 4 is 17.4 Å². The molecule has 4 N–H and O–H groups in total. The molecule has 0 saturated carbocycles. The number of hydrogen-bond donors (Lipinski definition) is 4. The third-order valence-corrected chi connectivity index (χ3v) is 2.97. The molecule has 1 atom stereocenters. The number of anilines is 2. The molecule has 1 aliphatic heterocycles. The molecule has 1 aromatic rings. The Morgan fingerprint density at radius 1 is 1.56 bits per heavy atom. The first kappa shape index (κ1) is 12.7. The summed E-state index contributed by atoms with van der Waals surface area (Å²) in [4.78, 5) is 13.0. The Balaban J connectivity index is 2.20. The van der Waals surface area contributed by atoms with Crippen LogP contribution in [0.2, 0.25) is 0 Å². The summed E-state index contributed by atoms with van der Waals surface area (Å²) in [7, 11) is 1.71. The SMILES string of the molecule is CN1C(=O)NCc2c(NCC(O)CO)cccc21. The molecule has 0 bridgehead atoms. The number of fused-ring (bicyclic) bond motifs is 1. The average molecular weight is 251 g/mol. The zero-order chi connectivity index (χ0) is 13.1. The number of aliphatic hydroxyl groups is 2. The fourth-order valence-electron chi connectivity index (χ4n) is 1.92. The Labute approximate surface area is 105 Å². The van der Waals surface area contributed by atoms with Crippen molar-refractivity contribution < 1.29 is 15.0 Å². The number of amides is 2. The van der Waals surface area contributed by atoms with Crippen LogP contribution >= 0.6 is 0 Å². The molecule has 0 saturated heterocycles. The fourth-order valence-corrected chi connectivity index (χ4v) is 1.92. The highest BCUT2D eigenvalue weighted by Crippen LogP contribution is 2.29. The maximum absolute atomic E-state index is 11.5. The maximum atomic E-state index is 11.5. The van der Waals surface area contributed by atoms with Gasteiger partial charge in [-0.2, -0.15) is 0 Å². The van der Waals surface area contributed by atoms with Gasteiger partial charge in [-0.3, -0.25) is 4.90 Å². The average Bonchev–Trinajstić information content (AvgIpc) is 2.40. The standard InChI is InChI=1S/C12H17N3O3/c1-15-11-4-2-3-10(13-5-8(17)7-16)9(11)6-14-12(15)18/h2-4,8,13,16-17H,5-7H2,1H3,(H,14,18). The first-order valence-electron chi connectivity index (χ1n) is 5.79. The minimum atomic E-state index is -0.795. The Hall–Kier alpha value is -1.79. The van der Waals surface area contributed by atoms with Gasteiger partial charge in [-0.25, -0.2) is 4.79 Å². The second kappa shape index (κ2) is 5.24. The van der Waals surface area contributed by atoms with E-state index >= 15 is 0 Å². The Kier molecular flexibility index (Phi) is 3.69. The third-order valence-electron chi connectivity index (χ3n) is 2.97. The molecule has 1 aliphatic rings. The Bertz CT molecular complexity index is 450. The largest absolute Gasteiger partial charge is 0.394 e. The van der Waals surface area contributed by atoms with Crippen LogP contribution in [0.3, 0.4) is 0 Å². The number of nitrogens with zero attached hydrogens (tertiary/aromatic N) is 1. The van der Waals surface area contributed by atoms with Crippen LogP contribution in [0.25, 0.3) is 0 Å². The second-order valence-corrected chi connectivity index (χ2v) is 4.24. The van der Waals surface area contributed by atoms with E-state index in [1.165, 1.54) is 0 Å². The number of aliphatic hydroxyl groups excluding tert-OH is 2. The molecular formula is C12H17N3O3. The maximum Gasteiger partial charge on any atom is 0.321 e. The van der Waals surface area contributed by atoms with Crippen LogP contribution in [0.4, 0.5) is 16.2 Å². The molecule has 6 nitrogen and oxygen atoms in total. The van der Waals surface area contributed by atoms with Crippen LogP contribution in [0.15, 0.2) is 18.2 Å². The summed E-state index contributed by atoms with van der Waals surface area (Å²) in [6.45, 7) is 0.445. The first-order valence-corrected chi connectivity index (χ1v) is 5.79. The highest BCUT2D eigenvalue weighted by atomic mass is 16.3. The minimum Gasteiger partial charge on any atom is -0.394 e. The first-order chi connectivity index (χ1) is 8.63. The van der Waals surface area contributed by atoms with Gasteiger partial charge >= 0.3 is 6.03 Å². The molecule has 2 amide bonds. The van der Waals surface area contributed by atoms with E-state index in [2.05, 4.69) is 10.6 Å². The molecule has 18 heavy (non-hydrogen) atoms. The van der Waals surface area contributed by atoms with Gasteiger partial charge in [0.2, 0.25) is 0 Å². The van der Waals surface area contributed by atoms with E-state index in [4.69, 9.17) is 5.11 Å². The predicted octanol–water partition coefficient (Wildman–Crippen LogP) is 0.111. The van der Waals surface area contributed by atoms with Crippen molar-refractivity contribution in [2.24, 2.45) is 0 Å². The number of benzene rings is 1. The zero-order valence-electron chi connectivity index (χ0n) is 10.2. The number of carbonyl (C=O) groups excluding carboxylic acids is 1. The van der Waals surface area contributed by atoms with Gasteiger partial charge in [-0.1, -0.05) is 6.07 Å². The van der Waals surface area contributed by atoms with Crippen molar-refractivity contribution in [1.29, 1.82) is 0 Å². The molecule has 0 aromatic heterocycles. The molecule has 1 unspecified atom stereocenters. The highest BCUT2D eigenvalue weighted by Gasteiger charge is 2.22. The van der Waals surface area contributed by atoms with E-state index < -0.39 is 6.10 Å². The van der Waals surface area contributed by atoms with Crippen molar-refractivity contribution in [3.05, 3.63) is 23.8 Å². The number of nitrogens with one attached hydrogen (secondary N) is 2. The van der Waals surface area contributed by atoms with E-state index in [9.17, 15) is 9.90 Å². The van der Waals surface area contributed by atoms with Crippen LogP contribution in [-0.2, 0) is 6.54 Å². The van der Waals surface area contributed by atoms with Crippen LogP contribution in [0.5, 0.6) is 0 Å². The number of hydrogen-bond acceptors (Lipinski definition) is 4. The predicted molar refractivity (Wildman–Crippen MR) is 68.7 cm³/mol. The molecule has 0 aliphatic carbocycles. The van der Waals surface area contributed by atoms with E-state index in [1.807, 2.05) is 18.2 Å². The summed E-state index contributed by atoms with van der Waals surface area (Å²) in [5, 5.41) is 23.9. The van der Waals surface area contributed by atoms with E-state index in [1.54, 1.807) is 11.9 Å².